The van der Waals surface area contributed by atoms with Gasteiger partial charge in [0.15, 0.2) is 0 Å². The Hall–Kier alpha value is 0.120. The number of halogens is 1. The maximum Gasteiger partial charge on any atom is 0.281 e. The molecule has 112 valence electrons. The summed E-state index contributed by atoms with van der Waals surface area (Å²) < 4.78 is 28.3. The molecule has 0 aromatic rings. The van der Waals surface area contributed by atoms with E-state index >= 15 is 0 Å². The highest BCUT2D eigenvalue weighted by atomic mass is 35.5. The first-order valence-electron chi connectivity index (χ1n) is 7.10. The zero-order valence-corrected chi connectivity index (χ0v) is 12.8. The molecule has 19 heavy (non-hydrogen) atoms. The molecule has 3 rings (SSSR count). The number of fused-ring (bicyclic) bond motifs is 1. The molecule has 5 nitrogen and oxygen atoms in total. The number of nitrogens with zero attached hydrogens (tertiary/aromatic N) is 2. The van der Waals surface area contributed by atoms with Gasteiger partial charge in [0.2, 0.25) is 0 Å². The summed E-state index contributed by atoms with van der Waals surface area (Å²) in [5, 5.41) is 0. The maximum absolute atomic E-state index is 12.5. The Morgan fingerprint density at radius 3 is 2.26 bits per heavy atom. The molecule has 0 amide bonds. The molecule has 0 spiro atoms. The standard InChI is InChI=1S/C12H23N3O2S.ClH/c13-12-5-3-4-10-8-15(9-11(10)12)18(16,17)14-6-1-2-7-14;/h10-12H,1-9,13H2;1H. The minimum atomic E-state index is -3.21. The van der Waals surface area contributed by atoms with Gasteiger partial charge in [0.25, 0.3) is 10.2 Å². The van der Waals surface area contributed by atoms with Gasteiger partial charge in [-0.25, -0.2) is 0 Å². The molecule has 2 heterocycles. The fourth-order valence-corrected chi connectivity index (χ4v) is 5.53. The van der Waals surface area contributed by atoms with Gasteiger partial charge in [0.1, 0.15) is 0 Å². The summed E-state index contributed by atoms with van der Waals surface area (Å²) in [6.07, 6.45) is 5.35. The van der Waals surface area contributed by atoms with Crippen LogP contribution >= 0.6 is 12.4 Å². The molecule has 0 aromatic carbocycles. The van der Waals surface area contributed by atoms with Gasteiger partial charge in [-0.1, -0.05) is 6.42 Å². The molecule has 0 aromatic heterocycles. The highest BCUT2D eigenvalue weighted by Gasteiger charge is 2.44. The van der Waals surface area contributed by atoms with E-state index in [4.69, 9.17) is 5.73 Å². The van der Waals surface area contributed by atoms with E-state index in [1.54, 1.807) is 8.61 Å². The number of hydrogen-bond acceptors (Lipinski definition) is 3. The highest BCUT2D eigenvalue weighted by Crippen LogP contribution is 2.37. The van der Waals surface area contributed by atoms with Crippen molar-refractivity contribution in [3.05, 3.63) is 0 Å². The summed E-state index contributed by atoms with van der Waals surface area (Å²) in [7, 11) is -3.21. The van der Waals surface area contributed by atoms with E-state index in [1.807, 2.05) is 0 Å². The van der Waals surface area contributed by atoms with E-state index in [9.17, 15) is 8.42 Å². The average molecular weight is 310 g/mol. The predicted octanol–water partition coefficient (Wildman–Crippen LogP) is 0.808. The molecule has 2 saturated heterocycles. The minimum Gasteiger partial charge on any atom is -0.327 e. The molecule has 0 bridgehead atoms. The van der Waals surface area contributed by atoms with Crippen molar-refractivity contribution in [2.75, 3.05) is 26.2 Å². The minimum absolute atomic E-state index is 0. The highest BCUT2D eigenvalue weighted by molar-refractivity contribution is 7.86. The van der Waals surface area contributed by atoms with Gasteiger partial charge >= 0.3 is 0 Å². The van der Waals surface area contributed by atoms with Crippen LogP contribution in [-0.2, 0) is 10.2 Å². The molecule has 1 saturated carbocycles. The molecule has 7 heteroatoms. The molecule has 2 aliphatic heterocycles. The Balaban J connectivity index is 0.00000133. The van der Waals surface area contributed by atoms with E-state index in [0.717, 1.165) is 32.1 Å². The van der Waals surface area contributed by atoms with Crippen molar-refractivity contribution in [1.29, 1.82) is 0 Å². The van der Waals surface area contributed by atoms with Crippen LogP contribution in [0.15, 0.2) is 0 Å². The normalized spacial score (nSPS) is 37.0. The first kappa shape index (κ1) is 15.5. The van der Waals surface area contributed by atoms with Crippen molar-refractivity contribution in [2.24, 2.45) is 17.6 Å². The average Bonchev–Trinajstić information content (AvgIpc) is 2.99. The van der Waals surface area contributed by atoms with Crippen molar-refractivity contribution < 1.29 is 8.42 Å². The van der Waals surface area contributed by atoms with Crippen molar-refractivity contribution >= 4 is 22.6 Å². The lowest BCUT2D eigenvalue weighted by Crippen LogP contribution is -2.42. The quantitative estimate of drug-likeness (QED) is 0.821. The second-order valence-electron chi connectivity index (χ2n) is 5.95. The lowest BCUT2D eigenvalue weighted by molar-refractivity contribution is 0.260. The lowest BCUT2D eigenvalue weighted by Gasteiger charge is -2.29. The third-order valence-electron chi connectivity index (χ3n) is 4.84. The summed E-state index contributed by atoms with van der Waals surface area (Å²) in [6.45, 7) is 2.72. The zero-order chi connectivity index (χ0) is 12.8. The molecular weight excluding hydrogens is 286 g/mol. The molecule has 3 fully saturated rings. The fraction of sp³-hybridized carbons (Fsp3) is 1.00. The van der Waals surface area contributed by atoms with Gasteiger partial charge in [-0.05, 0) is 37.5 Å². The van der Waals surface area contributed by atoms with Crippen LogP contribution in [0.4, 0.5) is 0 Å². The fourth-order valence-electron chi connectivity index (χ4n) is 3.75. The topological polar surface area (TPSA) is 66.6 Å². The number of rotatable bonds is 2. The molecule has 0 radical (unpaired) electrons. The molecule has 1 aliphatic carbocycles. The van der Waals surface area contributed by atoms with Crippen LogP contribution in [0.3, 0.4) is 0 Å². The summed E-state index contributed by atoms with van der Waals surface area (Å²) in [6, 6.07) is 0.197. The van der Waals surface area contributed by atoms with E-state index < -0.39 is 10.2 Å². The second kappa shape index (κ2) is 5.85. The first-order valence-corrected chi connectivity index (χ1v) is 8.49. The van der Waals surface area contributed by atoms with E-state index in [1.165, 1.54) is 0 Å². The summed E-state index contributed by atoms with van der Waals surface area (Å²) >= 11 is 0. The van der Waals surface area contributed by atoms with Gasteiger partial charge in [-0.15, -0.1) is 12.4 Å². The molecule has 2 N–H and O–H groups in total. The van der Waals surface area contributed by atoms with Crippen molar-refractivity contribution in [2.45, 2.75) is 38.1 Å². The second-order valence-corrected chi connectivity index (χ2v) is 7.88. The Kier molecular flexibility index (Phi) is 4.78. The number of hydrogen-bond donors (Lipinski definition) is 1. The monoisotopic (exact) mass is 309 g/mol. The van der Waals surface area contributed by atoms with Crippen LogP contribution in [0.25, 0.3) is 0 Å². The summed E-state index contributed by atoms with van der Waals surface area (Å²) in [4.78, 5) is 0. The third kappa shape index (κ3) is 2.78. The Morgan fingerprint density at radius 2 is 1.63 bits per heavy atom. The van der Waals surface area contributed by atoms with Gasteiger partial charge in [0, 0.05) is 32.2 Å². The van der Waals surface area contributed by atoms with Crippen LogP contribution in [0, 0.1) is 11.8 Å². The molecule has 3 aliphatic rings. The smallest absolute Gasteiger partial charge is 0.281 e. The van der Waals surface area contributed by atoms with Crippen LogP contribution in [-0.4, -0.2) is 49.2 Å². The van der Waals surface area contributed by atoms with E-state index in [2.05, 4.69) is 0 Å². The summed E-state index contributed by atoms with van der Waals surface area (Å²) in [5.41, 5.74) is 6.14. The molecule has 3 unspecified atom stereocenters. The molecule has 3 atom stereocenters. The molecular formula is C12H24ClN3O2S. The maximum atomic E-state index is 12.5. The van der Waals surface area contributed by atoms with Gasteiger partial charge < -0.3 is 5.73 Å². The van der Waals surface area contributed by atoms with Gasteiger partial charge in [-0.2, -0.15) is 17.0 Å². The third-order valence-corrected chi connectivity index (χ3v) is 6.81. The zero-order valence-electron chi connectivity index (χ0n) is 11.2. The van der Waals surface area contributed by atoms with Crippen LogP contribution in [0.1, 0.15) is 32.1 Å². The van der Waals surface area contributed by atoms with E-state index in [-0.39, 0.29) is 18.4 Å². The Labute approximate surface area is 122 Å². The van der Waals surface area contributed by atoms with Gasteiger partial charge in [0.05, 0.1) is 0 Å². The van der Waals surface area contributed by atoms with Crippen molar-refractivity contribution in [1.82, 2.24) is 8.61 Å². The van der Waals surface area contributed by atoms with Crippen LogP contribution in [0.5, 0.6) is 0 Å². The number of nitrogens with two attached hydrogens (primary N) is 1. The Bertz CT molecular complexity index is 411. The van der Waals surface area contributed by atoms with Crippen LogP contribution < -0.4 is 5.73 Å². The first-order chi connectivity index (χ1) is 8.59. The largest absolute Gasteiger partial charge is 0.327 e. The lowest BCUT2D eigenvalue weighted by atomic mass is 9.78. The van der Waals surface area contributed by atoms with Crippen molar-refractivity contribution in [3.8, 4) is 0 Å². The Morgan fingerprint density at radius 1 is 0.947 bits per heavy atom. The summed E-state index contributed by atoms with van der Waals surface area (Å²) in [5.74, 6) is 0.877. The van der Waals surface area contributed by atoms with E-state index in [0.29, 0.717) is 38.0 Å². The van der Waals surface area contributed by atoms with Crippen molar-refractivity contribution in [3.63, 3.8) is 0 Å². The van der Waals surface area contributed by atoms with Gasteiger partial charge in [-0.3, -0.25) is 0 Å². The van der Waals surface area contributed by atoms with Crippen LogP contribution in [0.2, 0.25) is 0 Å². The predicted molar refractivity (Wildman–Crippen MR) is 77.4 cm³/mol. The SMILES string of the molecule is Cl.NC1CCCC2CN(S(=O)(=O)N3CCCC3)CC12.